The van der Waals surface area contributed by atoms with Gasteiger partial charge in [0.15, 0.2) is 0 Å². The highest BCUT2D eigenvalue weighted by Crippen LogP contribution is 2.23. The molecule has 1 aromatic rings. The van der Waals surface area contributed by atoms with Gasteiger partial charge in [0.25, 0.3) is 5.69 Å². The Morgan fingerprint density at radius 1 is 1.47 bits per heavy atom. The number of rotatable bonds is 4. The Balaban J connectivity index is 0.00000180. The van der Waals surface area contributed by atoms with Gasteiger partial charge in [-0.1, -0.05) is 18.2 Å². The van der Waals surface area contributed by atoms with E-state index < -0.39 is 10.9 Å². The van der Waals surface area contributed by atoms with Gasteiger partial charge in [0, 0.05) is 24.7 Å². The zero-order chi connectivity index (χ0) is 13.1. The maximum Gasteiger partial charge on any atom is 0.307 e. The van der Waals surface area contributed by atoms with Crippen molar-refractivity contribution in [2.24, 2.45) is 5.92 Å². The van der Waals surface area contributed by atoms with Crippen molar-refractivity contribution in [1.82, 2.24) is 4.90 Å². The van der Waals surface area contributed by atoms with Crippen LogP contribution in [-0.2, 0) is 11.3 Å². The molecule has 1 aliphatic rings. The highest BCUT2D eigenvalue weighted by Gasteiger charge is 2.28. The first-order chi connectivity index (χ1) is 8.58. The third kappa shape index (κ3) is 3.65. The first-order valence-electron chi connectivity index (χ1n) is 5.75. The summed E-state index contributed by atoms with van der Waals surface area (Å²) in [4.78, 5) is 23.2. The van der Waals surface area contributed by atoms with E-state index in [1.165, 1.54) is 6.07 Å². The second kappa shape index (κ2) is 6.49. The highest BCUT2D eigenvalue weighted by atomic mass is 35.5. The number of carboxylic acids is 1. The molecule has 0 aliphatic carbocycles. The van der Waals surface area contributed by atoms with Crippen LogP contribution in [0.3, 0.4) is 0 Å². The highest BCUT2D eigenvalue weighted by molar-refractivity contribution is 5.85. The largest absolute Gasteiger partial charge is 0.481 e. The second-order valence-corrected chi connectivity index (χ2v) is 4.44. The van der Waals surface area contributed by atoms with Crippen LogP contribution in [0.5, 0.6) is 0 Å². The number of nitrogens with zero attached hydrogens (tertiary/aromatic N) is 2. The quantitative estimate of drug-likeness (QED) is 0.675. The summed E-state index contributed by atoms with van der Waals surface area (Å²) in [6.45, 7) is 1.56. The minimum atomic E-state index is -0.792. The fraction of sp³-hybridized carbons (Fsp3) is 0.417. The Kier molecular flexibility index (Phi) is 5.26. The molecule has 1 saturated heterocycles. The van der Waals surface area contributed by atoms with Gasteiger partial charge in [0.05, 0.1) is 10.8 Å². The van der Waals surface area contributed by atoms with E-state index in [2.05, 4.69) is 0 Å². The molecule has 1 N–H and O–H groups in total. The molecule has 0 aromatic heterocycles. The summed E-state index contributed by atoms with van der Waals surface area (Å²) in [5, 5.41) is 19.8. The minimum Gasteiger partial charge on any atom is -0.481 e. The van der Waals surface area contributed by atoms with Crippen LogP contribution in [0, 0.1) is 16.0 Å². The summed E-state index contributed by atoms with van der Waals surface area (Å²) in [6, 6.07) is 6.57. The third-order valence-electron chi connectivity index (χ3n) is 3.20. The second-order valence-electron chi connectivity index (χ2n) is 4.44. The summed E-state index contributed by atoms with van der Waals surface area (Å²) >= 11 is 0. The van der Waals surface area contributed by atoms with Crippen LogP contribution < -0.4 is 0 Å². The lowest BCUT2D eigenvalue weighted by atomic mass is 10.1. The predicted molar refractivity (Wildman–Crippen MR) is 71.4 cm³/mol. The SMILES string of the molecule is Cl.O=C(O)C1CCN(Cc2ccccc2[N+](=O)[O-])C1. The van der Waals surface area contributed by atoms with Crippen molar-refractivity contribution in [3.8, 4) is 0 Å². The van der Waals surface area contributed by atoms with E-state index in [1.54, 1.807) is 18.2 Å². The molecule has 6 nitrogen and oxygen atoms in total. The number of para-hydroxylation sites is 1. The smallest absolute Gasteiger partial charge is 0.307 e. The van der Waals surface area contributed by atoms with Gasteiger partial charge in [0.1, 0.15) is 0 Å². The molecule has 1 aliphatic heterocycles. The van der Waals surface area contributed by atoms with Crippen LogP contribution in [0.2, 0.25) is 0 Å². The van der Waals surface area contributed by atoms with Crippen LogP contribution in [-0.4, -0.2) is 34.0 Å². The lowest BCUT2D eigenvalue weighted by Crippen LogP contribution is -2.23. The zero-order valence-corrected chi connectivity index (χ0v) is 11.0. The number of carboxylic acid groups (broad SMARTS) is 1. The molecule has 1 fully saturated rings. The summed E-state index contributed by atoms with van der Waals surface area (Å²) in [7, 11) is 0. The fourth-order valence-corrected chi connectivity index (χ4v) is 2.24. The Morgan fingerprint density at radius 3 is 2.74 bits per heavy atom. The molecule has 104 valence electrons. The number of benzene rings is 1. The molecule has 0 radical (unpaired) electrons. The maximum atomic E-state index is 10.9. The first-order valence-corrected chi connectivity index (χ1v) is 5.75. The molecule has 1 aromatic carbocycles. The van der Waals surface area contributed by atoms with E-state index in [9.17, 15) is 14.9 Å². The maximum absolute atomic E-state index is 10.9. The normalized spacial score (nSPS) is 18.8. The molecule has 0 spiro atoms. The molecule has 1 heterocycles. The Labute approximate surface area is 116 Å². The molecule has 1 unspecified atom stereocenters. The number of halogens is 1. The number of likely N-dealkylation sites (tertiary alicyclic amines) is 1. The molecule has 2 rings (SSSR count). The molecule has 19 heavy (non-hydrogen) atoms. The monoisotopic (exact) mass is 286 g/mol. The average molecular weight is 287 g/mol. The molecule has 0 bridgehead atoms. The molecular formula is C12H15ClN2O4. The van der Waals surface area contributed by atoms with E-state index in [0.717, 1.165) is 0 Å². The van der Waals surface area contributed by atoms with E-state index in [1.807, 2.05) is 4.90 Å². The lowest BCUT2D eigenvalue weighted by Gasteiger charge is -2.14. The van der Waals surface area contributed by atoms with Gasteiger partial charge < -0.3 is 5.11 Å². The van der Waals surface area contributed by atoms with Crippen LogP contribution >= 0.6 is 12.4 Å². The number of nitro groups is 1. The van der Waals surface area contributed by atoms with Crippen molar-refractivity contribution in [1.29, 1.82) is 0 Å². The van der Waals surface area contributed by atoms with E-state index >= 15 is 0 Å². The summed E-state index contributed by atoms with van der Waals surface area (Å²) in [6.07, 6.45) is 0.607. The number of nitro benzene ring substituents is 1. The van der Waals surface area contributed by atoms with Gasteiger partial charge >= 0.3 is 5.97 Å². The van der Waals surface area contributed by atoms with Crippen molar-refractivity contribution in [2.75, 3.05) is 13.1 Å². The van der Waals surface area contributed by atoms with Crippen molar-refractivity contribution in [3.05, 3.63) is 39.9 Å². The van der Waals surface area contributed by atoms with E-state index in [0.29, 0.717) is 31.6 Å². The summed E-state index contributed by atoms with van der Waals surface area (Å²) < 4.78 is 0. The van der Waals surface area contributed by atoms with Crippen LogP contribution in [0.4, 0.5) is 5.69 Å². The first kappa shape index (κ1) is 15.4. The number of aliphatic carboxylic acids is 1. The molecule has 1 atom stereocenters. The van der Waals surface area contributed by atoms with E-state index in [-0.39, 0.29) is 24.0 Å². The predicted octanol–water partition coefficient (Wildman–Crippen LogP) is 1.92. The van der Waals surface area contributed by atoms with Gasteiger partial charge in [-0.15, -0.1) is 12.4 Å². The number of hydrogen-bond acceptors (Lipinski definition) is 4. The van der Waals surface area contributed by atoms with Crippen molar-refractivity contribution in [2.45, 2.75) is 13.0 Å². The standard InChI is InChI=1S/C12H14N2O4.ClH/c15-12(16)10-5-6-13(8-10)7-9-3-1-2-4-11(9)14(17)18;/h1-4,10H,5-8H2,(H,15,16);1H. The molecule has 0 amide bonds. The average Bonchev–Trinajstić information content (AvgIpc) is 2.78. The molecule has 0 saturated carbocycles. The Morgan fingerprint density at radius 2 is 2.16 bits per heavy atom. The van der Waals surface area contributed by atoms with Crippen molar-refractivity contribution >= 4 is 24.1 Å². The zero-order valence-electron chi connectivity index (χ0n) is 10.2. The molecule has 7 heteroatoms. The number of hydrogen-bond donors (Lipinski definition) is 1. The lowest BCUT2D eigenvalue weighted by molar-refractivity contribution is -0.385. The molecular weight excluding hydrogens is 272 g/mol. The summed E-state index contributed by atoms with van der Waals surface area (Å²) in [5.74, 6) is -1.15. The van der Waals surface area contributed by atoms with Gasteiger partial charge in [-0.25, -0.2) is 0 Å². The number of carbonyl (C=O) groups is 1. The van der Waals surface area contributed by atoms with Crippen LogP contribution in [0.15, 0.2) is 24.3 Å². The Bertz CT molecular complexity index is 481. The van der Waals surface area contributed by atoms with Gasteiger partial charge in [-0.2, -0.15) is 0 Å². The fourth-order valence-electron chi connectivity index (χ4n) is 2.24. The Hall–Kier alpha value is -1.66. The van der Waals surface area contributed by atoms with Crippen LogP contribution in [0.1, 0.15) is 12.0 Å². The summed E-state index contributed by atoms with van der Waals surface area (Å²) in [5.41, 5.74) is 0.727. The van der Waals surface area contributed by atoms with Gasteiger partial charge in [-0.05, 0) is 13.0 Å². The van der Waals surface area contributed by atoms with Gasteiger partial charge in [-0.3, -0.25) is 19.8 Å². The van der Waals surface area contributed by atoms with E-state index in [4.69, 9.17) is 5.11 Å². The topological polar surface area (TPSA) is 83.7 Å². The van der Waals surface area contributed by atoms with Crippen molar-refractivity contribution < 1.29 is 14.8 Å². The van der Waals surface area contributed by atoms with Crippen molar-refractivity contribution in [3.63, 3.8) is 0 Å². The van der Waals surface area contributed by atoms with Gasteiger partial charge in [0.2, 0.25) is 0 Å². The van der Waals surface area contributed by atoms with Crippen LogP contribution in [0.25, 0.3) is 0 Å². The minimum absolute atomic E-state index is 0. The third-order valence-corrected chi connectivity index (χ3v) is 3.20.